The summed E-state index contributed by atoms with van der Waals surface area (Å²) < 4.78 is 7.23. The van der Waals surface area contributed by atoms with Gasteiger partial charge >= 0.3 is 0 Å². The number of nitrogens with one attached hydrogen (secondary N) is 1. The number of rotatable bonds is 5. The van der Waals surface area contributed by atoms with Crippen molar-refractivity contribution in [2.24, 2.45) is 0 Å². The summed E-state index contributed by atoms with van der Waals surface area (Å²) in [4.78, 5) is 30.4. The van der Waals surface area contributed by atoms with Crippen LogP contribution in [0.2, 0.25) is 5.02 Å². The SMILES string of the molecule is Cc1cccc(Oc2nc3ccccn3c(=O)c2/C=C(/C#N)C(=O)Nc2ccccc2Cl)c1. The van der Waals surface area contributed by atoms with Gasteiger partial charge in [0.15, 0.2) is 0 Å². The maximum Gasteiger partial charge on any atom is 0.269 e. The normalized spacial score (nSPS) is 11.1. The maximum absolute atomic E-state index is 13.2. The first-order valence-corrected chi connectivity index (χ1v) is 10.3. The quantitative estimate of drug-likeness (QED) is 0.337. The van der Waals surface area contributed by atoms with Gasteiger partial charge in [-0.25, -0.2) is 0 Å². The van der Waals surface area contributed by atoms with Crippen LogP contribution in [0.5, 0.6) is 11.6 Å². The molecule has 2 heterocycles. The average Bonchev–Trinajstić information content (AvgIpc) is 2.80. The summed E-state index contributed by atoms with van der Waals surface area (Å²) >= 11 is 6.09. The molecule has 0 aliphatic heterocycles. The maximum atomic E-state index is 13.2. The number of aryl methyl sites for hydroxylation is 1. The lowest BCUT2D eigenvalue weighted by molar-refractivity contribution is -0.112. The minimum absolute atomic E-state index is 0.0184. The highest BCUT2D eigenvalue weighted by Crippen LogP contribution is 2.25. The second-order valence-corrected chi connectivity index (χ2v) is 7.49. The Hall–Kier alpha value is -4.41. The Morgan fingerprint density at radius 3 is 2.70 bits per heavy atom. The molecular weight excluding hydrogens is 440 g/mol. The lowest BCUT2D eigenvalue weighted by Crippen LogP contribution is -2.20. The van der Waals surface area contributed by atoms with E-state index < -0.39 is 11.5 Å². The minimum atomic E-state index is -0.718. The molecule has 1 amide bonds. The van der Waals surface area contributed by atoms with E-state index in [0.717, 1.165) is 5.56 Å². The Kier molecular flexibility index (Phi) is 6.20. The number of fused-ring (bicyclic) bond motifs is 1. The highest BCUT2D eigenvalue weighted by Gasteiger charge is 2.18. The molecule has 162 valence electrons. The molecule has 0 unspecified atom stereocenters. The molecule has 4 aromatic rings. The summed E-state index contributed by atoms with van der Waals surface area (Å²) in [6.07, 6.45) is 2.72. The van der Waals surface area contributed by atoms with Gasteiger partial charge in [-0.15, -0.1) is 0 Å². The van der Waals surface area contributed by atoms with E-state index >= 15 is 0 Å². The summed E-state index contributed by atoms with van der Waals surface area (Å²) in [5.74, 6) is -0.268. The number of aromatic nitrogens is 2. The molecule has 0 atom stereocenters. The number of benzene rings is 2. The number of hydrogen-bond donors (Lipinski definition) is 1. The first-order valence-electron chi connectivity index (χ1n) is 9.90. The Labute approximate surface area is 194 Å². The number of para-hydroxylation sites is 1. The van der Waals surface area contributed by atoms with Crippen molar-refractivity contribution in [2.75, 3.05) is 5.32 Å². The molecule has 0 bridgehead atoms. The van der Waals surface area contributed by atoms with Gasteiger partial charge in [-0.1, -0.05) is 41.9 Å². The van der Waals surface area contributed by atoms with Gasteiger partial charge in [0.25, 0.3) is 11.5 Å². The largest absolute Gasteiger partial charge is 0.438 e. The lowest BCUT2D eigenvalue weighted by atomic mass is 10.1. The average molecular weight is 457 g/mol. The number of nitriles is 1. The van der Waals surface area contributed by atoms with Crippen molar-refractivity contribution in [3.05, 3.63) is 105 Å². The number of carbonyl (C=O) groups excluding carboxylic acids is 1. The van der Waals surface area contributed by atoms with Crippen molar-refractivity contribution < 1.29 is 9.53 Å². The molecule has 0 fully saturated rings. The highest BCUT2D eigenvalue weighted by atomic mass is 35.5. The van der Waals surface area contributed by atoms with Crippen molar-refractivity contribution in [1.29, 1.82) is 5.26 Å². The van der Waals surface area contributed by atoms with Crippen LogP contribution in [0.3, 0.4) is 0 Å². The van der Waals surface area contributed by atoms with Gasteiger partial charge in [0.1, 0.15) is 28.6 Å². The van der Waals surface area contributed by atoms with Crippen molar-refractivity contribution >= 4 is 34.9 Å². The van der Waals surface area contributed by atoms with Crippen LogP contribution in [-0.2, 0) is 4.79 Å². The second-order valence-electron chi connectivity index (χ2n) is 7.09. The Morgan fingerprint density at radius 1 is 1.15 bits per heavy atom. The molecule has 0 saturated carbocycles. The fourth-order valence-electron chi connectivity index (χ4n) is 3.12. The smallest absolute Gasteiger partial charge is 0.269 e. The molecule has 1 N–H and O–H groups in total. The van der Waals surface area contributed by atoms with E-state index in [-0.39, 0.29) is 17.0 Å². The van der Waals surface area contributed by atoms with Crippen LogP contribution in [0.15, 0.2) is 83.3 Å². The Bertz CT molecular complexity index is 1500. The predicted octanol–water partition coefficient (Wildman–Crippen LogP) is 4.99. The van der Waals surface area contributed by atoms with Gasteiger partial charge in [-0.3, -0.25) is 14.0 Å². The van der Waals surface area contributed by atoms with Crippen molar-refractivity contribution in [3.8, 4) is 17.7 Å². The van der Waals surface area contributed by atoms with Crippen molar-refractivity contribution in [1.82, 2.24) is 9.38 Å². The summed E-state index contributed by atoms with van der Waals surface area (Å²) in [5.41, 5.74) is 0.835. The van der Waals surface area contributed by atoms with Gasteiger partial charge in [0.2, 0.25) is 5.88 Å². The topological polar surface area (TPSA) is 96.5 Å². The van der Waals surface area contributed by atoms with E-state index in [2.05, 4.69) is 10.3 Å². The van der Waals surface area contributed by atoms with E-state index in [1.54, 1.807) is 60.8 Å². The zero-order chi connectivity index (χ0) is 23.4. The lowest BCUT2D eigenvalue weighted by Gasteiger charge is -2.11. The molecule has 0 saturated heterocycles. The van der Waals surface area contributed by atoms with Crippen LogP contribution >= 0.6 is 11.6 Å². The van der Waals surface area contributed by atoms with Crippen LogP contribution in [0.4, 0.5) is 5.69 Å². The van der Waals surface area contributed by atoms with Crippen molar-refractivity contribution in [3.63, 3.8) is 0 Å². The standard InChI is InChI=1S/C25H17ClN4O3/c1-16-7-6-8-18(13-16)33-24-19(25(32)30-12-5-4-11-22(30)29-24)14-17(15-27)23(31)28-21-10-3-2-9-20(21)26/h2-14H,1H3,(H,28,31)/b17-14-. The molecule has 0 aliphatic carbocycles. The molecule has 8 heteroatoms. The van der Waals surface area contributed by atoms with Crippen LogP contribution < -0.4 is 15.6 Å². The van der Waals surface area contributed by atoms with E-state index in [1.165, 1.54) is 10.5 Å². The minimum Gasteiger partial charge on any atom is -0.438 e. The molecule has 0 radical (unpaired) electrons. The number of carbonyl (C=O) groups is 1. The first kappa shape index (κ1) is 21.8. The molecule has 0 aliphatic rings. The van der Waals surface area contributed by atoms with Gasteiger partial charge in [-0.05, 0) is 55.0 Å². The zero-order valence-corrected chi connectivity index (χ0v) is 18.2. The molecule has 33 heavy (non-hydrogen) atoms. The number of halogens is 1. The number of hydrogen-bond acceptors (Lipinski definition) is 5. The van der Waals surface area contributed by atoms with Crippen LogP contribution in [0.25, 0.3) is 11.7 Å². The molecule has 0 spiro atoms. The van der Waals surface area contributed by atoms with Gasteiger partial charge in [0.05, 0.1) is 10.7 Å². The first-order chi connectivity index (χ1) is 16.0. The van der Waals surface area contributed by atoms with Crippen LogP contribution in [0.1, 0.15) is 11.1 Å². The van der Waals surface area contributed by atoms with Gasteiger partial charge < -0.3 is 10.1 Å². The summed E-state index contributed by atoms with van der Waals surface area (Å²) in [6, 6.07) is 20.8. The van der Waals surface area contributed by atoms with E-state index in [1.807, 2.05) is 25.1 Å². The number of pyridine rings is 1. The van der Waals surface area contributed by atoms with E-state index in [9.17, 15) is 14.9 Å². The summed E-state index contributed by atoms with van der Waals surface area (Å²) in [7, 11) is 0. The fraction of sp³-hybridized carbons (Fsp3) is 0.0400. The van der Waals surface area contributed by atoms with Crippen LogP contribution in [-0.4, -0.2) is 15.3 Å². The second kappa shape index (κ2) is 9.39. The number of nitrogens with zero attached hydrogens (tertiary/aromatic N) is 3. The summed E-state index contributed by atoms with van der Waals surface area (Å²) in [5, 5.41) is 12.5. The number of ether oxygens (including phenoxy) is 1. The molecular formula is C25H17ClN4O3. The summed E-state index contributed by atoms with van der Waals surface area (Å²) in [6.45, 7) is 1.91. The third-order valence-electron chi connectivity index (χ3n) is 4.71. The Morgan fingerprint density at radius 2 is 1.94 bits per heavy atom. The third kappa shape index (κ3) is 4.76. The van der Waals surface area contributed by atoms with Gasteiger partial charge in [-0.2, -0.15) is 10.2 Å². The third-order valence-corrected chi connectivity index (χ3v) is 5.04. The van der Waals surface area contributed by atoms with Crippen LogP contribution in [0, 0.1) is 18.3 Å². The predicted molar refractivity (Wildman–Crippen MR) is 126 cm³/mol. The highest BCUT2D eigenvalue weighted by molar-refractivity contribution is 6.34. The molecule has 2 aromatic heterocycles. The zero-order valence-electron chi connectivity index (χ0n) is 17.4. The van der Waals surface area contributed by atoms with E-state index in [0.29, 0.717) is 22.1 Å². The number of anilines is 1. The van der Waals surface area contributed by atoms with E-state index in [4.69, 9.17) is 16.3 Å². The van der Waals surface area contributed by atoms with Gasteiger partial charge in [0, 0.05) is 6.20 Å². The molecule has 7 nitrogen and oxygen atoms in total. The number of amides is 1. The van der Waals surface area contributed by atoms with Crippen molar-refractivity contribution in [2.45, 2.75) is 6.92 Å². The monoisotopic (exact) mass is 456 g/mol. The molecule has 2 aromatic carbocycles. The Balaban J connectivity index is 1.82. The molecule has 4 rings (SSSR count). The fourth-order valence-corrected chi connectivity index (χ4v) is 3.30.